The molecule has 4 nitrogen and oxygen atoms in total. The predicted molar refractivity (Wildman–Crippen MR) is 85.6 cm³/mol. The molecule has 0 saturated heterocycles. The van der Waals surface area contributed by atoms with Crippen molar-refractivity contribution in [3.05, 3.63) is 48.0 Å². The molecule has 1 aliphatic carbocycles. The van der Waals surface area contributed by atoms with Gasteiger partial charge in [-0.15, -0.1) is 0 Å². The van der Waals surface area contributed by atoms with Crippen molar-refractivity contribution in [2.45, 2.75) is 57.8 Å². The Morgan fingerprint density at radius 3 is 2.45 bits per heavy atom. The number of benzene rings is 1. The molecular formula is C18H25NO3. The standard InChI is InChI=1S/C18H25NO3/c1-18(2,3)22-16-11-9-15(10-12-16)19(21)17(20)13-14-7-5-4-6-8-14/h4-9,11,15-16,21H,10,12-13H2,1-3H3/t15-,16-/m0/s1. The van der Waals surface area contributed by atoms with Crippen molar-refractivity contribution in [2.75, 3.05) is 0 Å². The van der Waals surface area contributed by atoms with Crippen LogP contribution in [0.4, 0.5) is 0 Å². The van der Waals surface area contributed by atoms with Crippen LogP contribution >= 0.6 is 0 Å². The van der Waals surface area contributed by atoms with E-state index < -0.39 is 0 Å². The van der Waals surface area contributed by atoms with Crippen LogP contribution in [0, 0.1) is 0 Å². The molecule has 1 amide bonds. The van der Waals surface area contributed by atoms with E-state index in [2.05, 4.69) is 0 Å². The Bertz CT molecular complexity index is 519. The Kier molecular flexibility index (Phi) is 5.37. The van der Waals surface area contributed by atoms with Gasteiger partial charge in [-0.25, -0.2) is 5.06 Å². The maximum Gasteiger partial charge on any atom is 0.250 e. The molecule has 0 radical (unpaired) electrons. The molecule has 0 fully saturated rings. The van der Waals surface area contributed by atoms with Crippen LogP contribution in [0.5, 0.6) is 0 Å². The lowest BCUT2D eigenvalue weighted by molar-refractivity contribution is -0.172. The van der Waals surface area contributed by atoms with E-state index in [1.54, 1.807) is 0 Å². The summed E-state index contributed by atoms with van der Waals surface area (Å²) in [4.78, 5) is 12.1. The summed E-state index contributed by atoms with van der Waals surface area (Å²) in [7, 11) is 0. The van der Waals surface area contributed by atoms with Crippen LogP contribution in [0.25, 0.3) is 0 Å². The summed E-state index contributed by atoms with van der Waals surface area (Å²) in [5.74, 6) is -0.281. The first kappa shape index (κ1) is 16.7. The van der Waals surface area contributed by atoms with Crippen molar-refractivity contribution >= 4 is 5.91 Å². The van der Waals surface area contributed by atoms with Crippen LogP contribution in [-0.4, -0.2) is 33.9 Å². The molecule has 1 aliphatic rings. The quantitative estimate of drug-likeness (QED) is 0.527. The van der Waals surface area contributed by atoms with Gasteiger partial charge in [0.2, 0.25) is 0 Å². The molecule has 22 heavy (non-hydrogen) atoms. The molecule has 0 unspecified atom stereocenters. The Morgan fingerprint density at radius 1 is 1.23 bits per heavy atom. The number of carbonyl (C=O) groups excluding carboxylic acids is 1. The fourth-order valence-corrected chi connectivity index (χ4v) is 2.57. The summed E-state index contributed by atoms with van der Waals surface area (Å²) >= 11 is 0. The average Bonchev–Trinajstić information content (AvgIpc) is 2.46. The lowest BCUT2D eigenvalue weighted by Gasteiger charge is -2.32. The van der Waals surface area contributed by atoms with E-state index in [-0.39, 0.29) is 30.1 Å². The molecule has 2 atom stereocenters. The minimum absolute atomic E-state index is 0.0499. The fourth-order valence-electron chi connectivity index (χ4n) is 2.57. The van der Waals surface area contributed by atoms with Gasteiger partial charge in [-0.1, -0.05) is 42.5 Å². The molecule has 2 rings (SSSR count). The average molecular weight is 303 g/mol. The van der Waals surface area contributed by atoms with Gasteiger partial charge < -0.3 is 4.74 Å². The summed E-state index contributed by atoms with van der Waals surface area (Å²) in [6.07, 6.45) is 5.57. The summed E-state index contributed by atoms with van der Waals surface area (Å²) < 4.78 is 5.89. The first-order chi connectivity index (χ1) is 10.3. The third kappa shape index (κ3) is 4.97. The summed E-state index contributed by atoms with van der Waals surface area (Å²) in [6, 6.07) is 9.18. The van der Waals surface area contributed by atoms with Crippen LogP contribution in [0.1, 0.15) is 39.2 Å². The molecular weight excluding hydrogens is 278 g/mol. The molecule has 0 aliphatic heterocycles. The second-order valence-corrected chi connectivity index (χ2v) is 6.70. The van der Waals surface area contributed by atoms with E-state index in [1.807, 2.05) is 63.3 Å². The van der Waals surface area contributed by atoms with Gasteiger partial charge in [-0.05, 0) is 39.2 Å². The number of ether oxygens (including phenoxy) is 1. The van der Waals surface area contributed by atoms with Crippen LogP contribution in [-0.2, 0) is 16.0 Å². The minimum Gasteiger partial charge on any atom is -0.369 e. The minimum atomic E-state index is -0.281. The van der Waals surface area contributed by atoms with Gasteiger partial charge in [0.25, 0.3) is 5.91 Å². The van der Waals surface area contributed by atoms with Crippen LogP contribution in [0.2, 0.25) is 0 Å². The number of hydrogen-bond donors (Lipinski definition) is 1. The summed E-state index contributed by atoms with van der Waals surface area (Å²) in [5, 5.41) is 11.0. The van der Waals surface area contributed by atoms with Gasteiger partial charge in [0.1, 0.15) is 0 Å². The largest absolute Gasteiger partial charge is 0.369 e. The maximum absolute atomic E-state index is 12.1. The number of hydroxylamine groups is 2. The van der Waals surface area contributed by atoms with Crippen LogP contribution in [0.3, 0.4) is 0 Å². The lowest BCUT2D eigenvalue weighted by Crippen LogP contribution is -2.40. The number of hydrogen-bond acceptors (Lipinski definition) is 3. The van der Waals surface area contributed by atoms with Gasteiger partial charge in [0, 0.05) is 0 Å². The molecule has 4 heteroatoms. The van der Waals surface area contributed by atoms with E-state index in [9.17, 15) is 10.0 Å². The van der Waals surface area contributed by atoms with E-state index in [4.69, 9.17) is 4.74 Å². The molecule has 120 valence electrons. The fraction of sp³-hybridized carbons (Fsp3) is 0.500. The Morgan fingerprint density at radius 2 is 1.91 bits per heavy atom. The highest BCUT2D eigenvalue weighted by atomic mass is 16.5. The number of amides is 1. The normalized spacial score (nSPS) is 21.6. The van der Waals surface area contributed by atoms with Crippen molar-refractivity contribution in [1.82, 2.24) is 5.06 Å². The summed E-state index contributed by atoms with van der Waals surface area (Å²) in [6.45, 7) is 6.07. The maximum atomic E-state index is 12.1. The second kappa shape index (κ2) is 7.07. The van der Waals surface area contributed by atoms with Crippen molar-refractivity contribution in [2.24, 2.45) is 0 Å². The van der Waals surface area contributed by atoms with Crippen molar-refractivity contribution in [3.63, 3.8) is 0 Å². The third-order valence-electron chi connectivity index (χ3n) is 3.57. The van der Waals surface area contributed by atoms with Crippen molar-refractivity contribution in [1.29, 1.82) is 0 Å². The van der Waals surface area contributed by atoms with Crippen LogP contribution < -0.4 is 0 Å². The molecule has 1 aromatic rings. The number of rotatable bonds is 4. The first-order valence-electron chi connectivity index (χ1n) is 7.76. The molecule has 1 N–H and O–H groups in total. The van der Waals surface area contributed by atoms with Gasteiger partial charge in [-0.2, -0.15) is 0 Å². The van der Waals surface area contributed by atoms with Gasteiger partial charge in [0.05, 0.1) is 24.2 Å². The zero-order valence-corrected chi connectivity index (χ0v) is 13.5. The van der Waals surface area contributed by atoms with E-state index in [0.717, 1.165) is 17.0 Å². The SMILES string of the molecule is CC(C)(C)O[C@H]1C=C[C@H](N(O)C(=O)Cc2ccccc2)CC1. The topological polar surface area (TPSA) is 49.8 Å². The van der Waals surface area contributed by atoms with E-state index in [0.29, 0.717) is 6.42 Å². The zero-order valence-electron chi connectivity index (χ0n) is 13.5. The van der Waals surface area contributed by atoms with E-state index in [1.165, 1.54) is 0 Å². The highest BCUT2D eigenvalue weighted by Gasteiger charge is 2.26. The zero-order chi connectivity index (χ0) is 16.2. The smallest absolute Gasteiger partial charge is 0.250 e. The van der Waals surface area contributed by atoms with E-state index >= 15 is 0 Å². The predicted octanol–water partition coefficient (Wildman–Crippen LogP) is 3.35. The second-order valence-electron chi connectivity index (χ2n) is 6.70. The first-order valence-corrected chi connectivity index (χ1v) is 7.76. The van der Waals surface area contributed by atoms with Crippen LogP contribution in [0.15, 0.2) is 42.5 Å². The number of nitrogens with zero attached hydrogens (tertiary/aromatic N) is 1. The summed E-state index contributed by atoms with van der Waals surface area (Å²) in [5.41, 5.74) is 0.712. The highest BCUT2D eigenvalue weighted by Crippen LogP contribution is 2.22. The Labute approximate surface area is 132 Å². The van der Waals surface area contributed by atoms with Gasteiger partial charge in [0.15, 0.2) is 0 Å². The Balaban J connectivity index is 1.90. The Hall–Kier alpha value is -1.65. The molecule has 1 aromatic carbocycles. The molecule has 0 aromatic heterocycles. The molecule has 0 heterocycles. The lowest BCUT2D eigenvalue weighted by atomic mass is 9.99. The van der Waals surface area contributed by atoms with Gasteiger partial charge >= 0.3 is 0 Å². The van der Waals surface area contributed by atoms with Crippen molar-refractivity contribution < 1.29 is 14.7 Å². The highest BCUT2D eigenvalue weighted by molar-refractivity contribution is 5.78. The molecule has 0 saturated carbocycles. The molecule has 0 bridgehead atoms. The number of carbonyl (C=O) groups is 1. The third-order valence-corrected chi connectivity index (χ3v) is 3.57. The van der Waals surface area contributed by atoms with Crippen molar-refractivity contribution in [3.8, 4) is 0 Å². The molecule has 0 spiro atoms. The van der Waals surface area contributed by atoms with Gasteiger partial charge in [-0.3, -0.25) is 10.0 Å². The monoisotopic (exact) mass is 303 g/mol.